The van der Waals surface area contributed by atoms with Crippen LogP contribution in [0, 0.1) is 17.8 Å². The minimum absolute atomic E-state index is 0.191. The van der Waals surface area contributed by atoms with E-state index in [1.54, 1.807) is 4.90 Å². The molecular formula is C28H43N7O3. The minimum atomic E-state index is -0.708. The number of urea groups is 1. The lowest BCUT2D eigenvalue weighted by molar-refractivity contribution is -0.141. The predicted octanol–water partition coefficient (Wildman–Crippen LogP) is 2.03. The van der Waals surface area contributed by atoms with Crippen molar-refractivity contribution in [3.8, 4) is 0 Å². The molecule has 2 atom stereocenters. The molecule has 4 heterocycles. The van der Waals surface area contributed by atoms with Gasteiger partial charge in [-0.2, -0.15) is 0 Å². The molecule has 10 nitrogen and oxygen atoms in total. The van der Waals surface area contributed by atoms with Gasteiger partial charge in [0.2, 0.25) is 11.8 Å². The summed E-state index contributed by atoms with van der Waals surface area (Å²) in [5, 5.41) is 3.00. The average Bonchev–Trinajstić information content (AvgIpc) is 3.31. The number of hydrogen-bond acceptors (Lipinski definition) is 6. The van der Waals surface area contributed by atoms with Crippen molar-refractivity contribution in [1.29, 1.82) is 0 Å². The fourth-order valence-electron chi connectivity index (χ4n) is 6.93. The van der Waals surface area contributed by atoms with Crippen molar-refractivity contribution in [3.05, 3.63) is 23.8 Å². The van der Waals surface area contributed by atoms with Crippen LogP contribution in [0.2, 0.25) is 0 Å². The summed E-state index contributed by atoms with van der Waals surface area (Å²) in [5.74, 6) is 0.665. The number of nitrogens with two attached hydrogens (primary N) is 1. The van der Waals surface area contributed by atoms with E-state index in [0.29, 0.717) is 24.9 Å². The van der Waals surface area contributed by atoms with Gasteiger partial charge in [0.15, 0.2) is 0 Å². The number of nitrogens with zero attached hydrogens (tertiary/aromatic N) is 5. The summed E-state index contributed by atoms with van der Waals surface area (Å²) in [6, 6.07) is -0.886. The Morgan fingerprint density at radius 2 is 1.68 bits per heavy atom. The Morgan fingerprint density at radius 1 is 1.05 bits per heavy atom. The van der Waals surface area contributed by atoms with Crippen LogP contribution >= 0.6 is 0 Å². The first-order valence-corrected chi connectivity index (χ1v) is 14.1. The maximum Gasteiger partial charge on any atom is 0.318 e. The first kappa shape index (κ1) is 26.8. The van der Waals surface area contributed by atoms with Gasteiger partial charge in [0.25, 0.3) is 0 Å². The highest BCUT2D eigenvalue weighted by atomic mass is 16.2. The highest BCUT2D eigenvalue weighted by molar-refractivity contribution is 5.92. The fraction of sp³-hybridized carbons (Fsp3) is 0.750. The van der Waals surface area contributed by atoms with E-state index in [-0.39, 0.29) is 17.4 Å². The first-order valence-electron chi connectivity index (χ1n) is 14.1. The Morgan fingerprint density at radius 3 is 2.26 bits per heavy atom. The first-order chi connectivity index (χ1) is 18.0. The largest absolute Gasteiger partial charge is 0.368 e. The molecule has 3 aliphatic heterocycles. The number of rotatable bonds is 5. The van der Waals surface area contributed by atoms with Crippen molar-refractivity contribution in [1.82, 2.24) is 30.0 Å². The van der Waals surface area contributed by atoms with Gasteiger partial charge < -0.3 is 25.8 Å². The second kappa shape index (κ2) is 10.1. The Balaban J connectivity index is 1.09. The molecule has 1 aromatic rings. The van der Waals surface area contributed by atoms with E-state index < -0.39 is 23.4 Å². The highest BCUT2D eigenvalue weighted by Crippen LogP contribution is 2.51. The van der Waals surface area contributed by atoms with Crippen molar-refractivity contribution in [2.45, 2.75) is 90.3 Å². The number of carbonyl (C=O) groups is 3. The van der Waals surface area contributed by atoms with Crippen LogP contribution in [0.15, 0.2) is 12.4 Å². The summed E-state index contributed by atoms with van der Waals surface area (Å²) < 4.78 is 0. The molecule has 1 saturated carbocycles. The standard InChI is InChI=1S/C28H43N7O3/c1-18-30-14-20(15-31-18)19-7-10-33(11-8-19)21-12-28(13-21)16-34(17-28)26(38)32-23(27(2,3)4)25(37)35-9-5-6-22(35)24(29)36/h14-15,19,21-23H,5-13,16-17H2,1-4H3,(H2,29,36)(H,32,38). The lowest BCUT2D eigenvalue weighted by Gasteiger charge is -2.61. The molecule has 3 saturated heterocycles. The number of likely N-dealkylation sites (tertiary alicyclic amines) is 3. The fourth-order valence-corrected chi connectivity index (χ4v) is 6.93. The van der Waals surface area contributed by atoms with Crippen LogP contribution in [0.1, 0.15) is 76.6 Å². The molecule has 1 spiro atoms. The van der Waals surface area contributed by atoms with Crippen LogP contribution < -0.4 is 11.1 Å². The molecule has 208 valence electrons. The van der Waals surface area contributed by atoms with E-state index in [9.17, 15) is 14.4 Å². The molecule has 0 aromatic carbocycles. The van der Waals surface area contributed by atoms with Crippen LogP contribution in [0.25, 0.3) is 0 Å². The van der Waals surface area contributed by atoms with E-state index in [1.807, 2.05) is 45.0 Å². The van der Waals surface area contributed by atoms with Crippen molar-refractivity contribution in [2.24, 2.45) is 16.6 Å². The van der Waals surface area contributed by atoms with Crippen LogP contribution in [0.5, 0.6) is 0 Å². The summed E-state index contributed by atoms with van der Waals surface area (Å²) in [6.45, 7) is 11.9. The molecule has 4 amide bonds. The van der Waals surface area contributed by atoms with Gasteiger partial charge in [0, 0.05) is 43.5 Å². The van der Waals surface area contributed by atoms with Gasteiger partial charge in [0.05, 0.1) is 0 Å². The summed E-state index contributed by atoms with van der Waals surface area (Å²) in [7, 11) is 0. The number of hydrogen-bond donors (Lipinski definition) is 2. The van der Waals surface area contributed by atoms with Crippen LogP contribution in [0.3, 0.4) is 0 Å². The molecule has 0 radical (unpaired) electrons. The Hall–Kier alpha value is -2.75. The van der Waals surface area contributed by atoms with Gasteiger partial charge in [-0.15, -0.1) is 0 Å². The van der Waals surface area contributed by atoms with Crippen molar-refractivity contribution in [2.75, 3.05) is 32.7 Å². The zero-order chi connectivity index (χ0) is 27.2. The zero-order valence-corrected chi connectivity index (χ0v) is 23.3. The van der Waals surface area contributed by atoms with Gasteiger partial charge in [-0.1, -0.05) is 20.8 Å². The van der Waals surface area contributed by atoms with Crippen molar-refractivity contribution in [3.63, 3.8) is 0 Å². The van der Waals surface area contributed by atoms with Gasteiger partial charge in [-0.25, -0.2) is 14.8 Å². The van der Waals surface area contributed by atoms with Gasteiger partial charge in [0.1, 0.15) is 17.9 Å². The number of carbonyl (C=O) groups excluding carboxylic acids is 3. The smallest absolute Gasteiger partial charge is 0.318 e. The second-order valence-electron chi connectivity index (χ2n) is 13.1. The molecule has 38 heavy (non-hydrogen) atoms. The van der Waals surface area contributed by atoms with E-state index in [2.05, 4.69) is 20.2 Å². The Labute approximate surface area is 225 Å². The van der Waals surface area contributed by atoms with Gasteiger partial charge in [-0.3, -0.25) is 9.59 Å². The Kier molecular flexibility index (Phi) is 7.13. The van der Waals surface area contributed by atoms with E-state index in [1.165, 1.54) is 5.56 Å². The number of amides is 4. The molecule has 10 heteroatoms. The maximum absolute atomic E-state index is 13.4. The van der Waals surface area contributed by atoms with Crippen molar-refractivity contribution < 1.29 is 14.4 Å². The lowest BCUT2D eigenvalue weighted by atomic mass is 9.60. The second-order valence-corrected chi connectivity index (χ2v) is 13.1. The number of piperidine rings is 1. The van der Waals surface area contributed by atoms with Crippen LogP contribution in [0.4, 0.5) is 4.79 Å². The molecule has 1 aromatic heterocycles. The molecule has 4 fully saturated rings. The summed E-state index contributed by atoms with van der Waals surface area (Å²) in [6.07, 6.45) is 9.83. The highest BCUT2D eigenvalue weighted by Gasteiger charge is 2.55. The minimum Gasteiger partial charge on any atom is -0.368 e. The molecular weight excluding hydrogens is 482 g/mol. The van der Waals surface area contributed by atoms with Gasteiger partial charge >= 0.3 is 6.03 Å². The summed E-state index contributed by atoms with van der Waals surface area (Å²) >= 11 is 0. The molecule has 0 bridgehead atoms. The van der Waals surface area contributed by atoms with E-state index >= 15 is 0 Å². The number of aryl methyl sites for hydroxylation is 1. The lowest BCUT2D eigenvalue weighted by Crippen LogP contribution is -2.70. The predicted molar refractivity (Wildman–Crippen MR) is 143 cm³/mol. The third kappa shape index (κ3) is 5.24. The average molecular weight is 526 g/mol. The third-order valence-electron chi connectivity index (χ3n) is 9.24. The summed E-state index contributed by atoms with van der Waals surface area (Å²) in [5.41, 5.74) is 6.52. The molecule has 3 N–H and O–H groups in total. The van der Waals surface area contributed by atoms with Gasteiger partial charge in [-0.05, 0) is 75.4 Å². The molecule has 5 rings (SSSR count). The maximum atomic E-state index is 13.4. The molecule has 2 unspecified atom stereocenters. The van der Waals surface area contributed by atoms with E-state index in [4.69, 9.17) is 5.73 Å². The quantitative estimate of drug-likeness (QED) is 0.606. The SMILES string of the molecule is Cc1ncc(C2CCN(C3CC4(C3)CN(C(=O)NC(C(=O)N3CCCC3C(N)=O)C(C)(C)C)C4)CC2)cn1. The van der Waals surface area contributed by atoms with Crippen molar-refractivity contribution >= 4 is 17.8 Å². The number of primary amides is 1. The van der Waals surface area contributed by atoms with E-state index in [0.717, 1.165) is 64.1 Å². The number of nitrogens with one attached hydrogen (secondary N) is 1. The molecule has 1 aliphatic carbocycles. The normalized spacial score (nSPS) is 25.1. The van der Waals surface area contributed by atoms with Crippen LogP contribution in [-0.4, -0.2) is 93.4 Å². The topological polar surface area (TPSA) is 125 Å². The van der Waals surface area contributed by atoms with Crippen LogP contribution in [-0.2, 0) is 9.59 Å². The Bertz CT molecular complexity index is 1050. The zero-order valence-electron chi connectivity index (χ0n) is 23.3. The number of aromatic nitrogens is 2. The molecule has 4 aliphatic rings. The third-order valence-corrected chi connectivity index (χ3v) is 9.24. The summed E-state index contributed by atoms with van der Waals surface area (Å²) in [4.78, 5) is 53.1. The monoisotopic (exact) mass is 525 g/mol.